The molecule has 12 heavy (non-hydrogen) atoms. The summed E-state index contributed by atoms with van der Waals surface area (Å²) in [5.41, 5.74) is -1.18. The number of primary sulfonamides is 1. The maximum absolute atomic E-state index is 10.9. The van der Waals surface area contributed by atoms with Gasteiger partial charge in [0.25, 0.3) is 0 Å². The fraction of sp³-hybridized carbons (Fsp3) is 0.833. The van der Waals surface area contributed by atoms with Crippen LogP contribution in [-0.4, -0.2) is 30.7 Å². The first-order valence-corrected chi connectivity index (χ1v) is 5.06. The molecule has 0 aliphatic heterocycles. The summed E-state index contributed by atoms with van der Waals surface area (Å²) < 4.78 is 20.8. The molecule has 0 saturated carbocycles. The first-order valence-electron chi connectivity index (χ1n) is 3.35. The summed E-state index contributed by atoms with van der Waals surface area (Å²) in [5, 5.41) is 13.8. The first-order chi connectivity index (χ1) is 5.10. The smallest absolute Gasteiger partial charge is 0.216 e. The van der Waals surface area contributed by atoms with Gasteiger partial charge in [0, 0.05) is 6.42 Å². The van der Waals surface area contributed by atoms with Crippen LogP contribution >= 0.6 is 0 Å². The van der Waals surface area contributed by atoms with Crippen molar-refractivity contribution in [2.75, 3.05) is 5.75 Å². The molecule has 72 valence electrons. The van der Waals surface area contributed by atoms with Gasteiger partial charge in [-0.2, -0.15) is 0 Å². The van der Waals surface area contributed by atoms with Gasteiger partial charge in [-0.25, -0.2) is 13.6 Å². The van der Waals surface area contributed by atoms with Gasteiger partial charge in [-0.15, -0.1) is 0 Å². The van der Waals surface area contributed by atoms with E-state index in [1.165, 1.54) is 13.8 Å². The van der Waals surface area contributed by atoms with E-state index >= 15 is 0 Å². The predicted octanol–water partition coefficient (Wildman–Crippen LogP) is -0.995. The Morgan fingerprint density at radius 2 is 1.92 bits per heavy atom. The summed E-state index contributed by atoms with van der Waals surface area (Å²) in [6.07, 6.45) is -0.205. The topological polar surface area (TPSA) is 97.5 Å². The predicted molar refractivity (Wildman–Crippen MR) is 43.9 cm³/mol. The summed E-state index contributed by atoms with van der Waals surface area (Å²) in [4.78, 5) is 10.9. The number of aliphatic hydroxyl groups is 1. The van der Waals surface area contributed by atoms with E-state index < -0.39 is 27.2 Å². The lowest BCUT2D eigenvalue weighted by Crippen LogP contribution is -2.29. The largest absolute Gasteiger partial charge is 0.390 e. The standard InChI is InChI=1S/C6H13NO4S/c1-6(2,9)3-5(8)4-12(7,10)11/h9H,3-4H2,1-2H3,(H2,7,10,11). The molecule has 0 aromatic carbocycles. The Morgan fingerprint density at radius 1 is 1.50 bits per heavy atom. The SMILES string of the molecule is CC(C)(O)CC(=O)CS(N)(=O)=O. The number of hydrogen-bond donors (Lipinski definition) is 2. The van der Waals surface area contributed by atoms with Crippen molar-refractivity contribution in [3.8, 4) is 0 Å². The van der Waals surface area contributed by atoms with Gasteiger partial charge in [0.1, 0.15) is 5.75 Å². The summed E-state index contributed by atoms with van der Waals surface area (Å²) in [5.74, 6) is -1.29. The van der Waals surface area contributed by atoms with Crippen LogP contribution in [0.4, 0.5) is 0 Å². The highest BCUT2D eigenvalue weighted by Crippen LogP contribution is 2.07. The summed E-state index contributed by atoms with van der Waals surface area (Å²) in [6.45, 7) is 2.85. The lowest BCUT2D eigenvalue weighted by atomic mass is 10.0. The van der Waals surface area contributed by atoms with Crippen molar-refractivity contribution in [1.29, 1.82) is 0 Å². The molecule has 0 aromatic rings. The van der Waals surface area contributed by atoms with Crippen LogP contribution < -0.4 is 5.14 Å². The lowest BCUT2D eigenvalue weighted by molar-refractivity contribution is -0.120. The van der Waals surface area contributed by atoms with Crippen molar-refractivity contribution >= 4 is 15.8 Å². The molecule has 3 N–H and O–H groups in total. The molecule has 0 aliphatic rings. The molecular weight excluding hydrogens is 182 g/mol. The Hall–Kier alpha value is -0.460. The molecule has 0 aromatic heterocycles. The first kappa shape index (κ1) is 11.5. The number of Topliss-reactive ketones (excluding diaryl/α,β-unsaturated/α-hetero) is 1. The Bertz CT molecular complexity index is 262. The minimum absolute atomic E-state index is 0.205. The fourth-order valence-electron chi connectivity index (χ4n) is 0.758. The van der Waals surface area contributed by atoms with Crippen LogP contribution in [0.15, 0.2) is 0 Å². The maximum atomic E-state index is 10.9. The maximum Gasteiger partial charge on any atom is 0.216 e. The molecule has 0 spiro atoms. The molecule has 0 saturated heterocycles. The quantitative estimate of drug-likeness (QED) is 0.601. The number of carbonyl (C=O) groups excluding carboxylic acids is 1. The number of ketones is 1. The minimum Gasteiger partial charge on any atom is -0.390 e. The summed E-state index contributed by atoms with van der Waals surface area (Å²) in [6, 6.07) is 0. The van der Waals surface area contributed by atoms with E-state index in [1.54, 1.807) is 0 Å². The molecule has 0 unspecified atom stereocenters. The van der Waals surface area contributed by atoms with Gasteiger partial charge in [0.2, 0.25) is 10.0 Å². The number of hydrogen-bond acceptors (Lipinski definition) is 4. The third-order valence-electron chi connectivity index (χ3n) is 0.992. The zero-order chi connectivity index (χ0) is 9.99. The minimum atomic E-state index is -3.76. The normalized spacial score (nSPS) is 13.0. The molecule has 0 fully saturated rings. The van der Waals surface area contributed by atoms with Crippen molar-refractivity contribution in [3.05, 3.63) is 0 Å². The molecule has 0 radical (unpaired) electrons. The Kier molecular flexibility index (Phi) is 3.37. The van der Waals surface area contributed by atoms with Crippen LogP contribution in [0.5, 0.6) is 0 Å². The molecule has 0 atom stereocenters. The zero-order valence-corrected chi connectivity index (χ0v) is 7.89. The highest BCUT2D eigenvalue weighted by Gasteiger charge is 2.20. The Balaban J connectivity index is 4.10. The number of rotatable bonds is 4. The van der Waals surface area contributed by atoms with Crippen LogP contribution in [-0.2, 0) is 14.8 Å². The molecule has 0 rings (SSSR count). The van der Waals surface area contributed by atoms with E-state index in [9.17, 15) is 13.2 Å². The van der Waals surface area contributed by atoms with Gasteiger partial charge in [0.05, 0.1) is 5.60 Å². The van der Waals surface area contributed by atoms with Gasteiger partial charge >= 0.3 is 0 Å². The molecular formula is C6H13NO4S. The third-order valence-corrected chi connectivity index (χ3v) is 1.72. The van der Waals surface area contributed by atoms with E-state index in [1.807, 2.05) is 0 Å². The molecule has 5 nitrogen and oxygen atoms in total. The van der Waals surface area contributed by atoms with Crippen molar-refractivity contribution in [2.45, 2.75) is 25.9 Å². The lowest BCUT2D eigenvalue weighted by Gasteiger charge is -2.14. The van der Waals surface area contributed by atoms with Crippen LogP contribution in [0.3, 0.4) is 0 Å². The van der Waals surface area contributed by atoms with E-state index in [0.29, 0.717) is 0 Å². The zero-order valence-electron chi connectivity index (χ0n) is 7.07. The monoisotopic (exact) mass is 195 g/mol. The highest BCUT2D eigenvalue weighted by molar-refractivity contribution is 7.89. The van der Waals surface area contributed by atoms with Crippen LogP contribution in [0.1, 0.15) is 20.3 Å². The van der Waals surface area contributed by atoms with Gasteiger partial charge in [-0.1, -0.05) is 0 Å². The van der Waals surface area contributed by atoms with Crippen molar-refractivity contribution in [2.24, 2.45) is 5.14 Å². The summed E-state index contributed by atoms with van der Waals surface area (Å²) >= 11 is 0. The average Bonchev–Trinajstić information content (AvgIpc) is 1.49. The number of carbonyl (C=O) groups is 1. The second kappa shape index (κ2) is 3.51. The highest BCUT2D eigenvalue weighted by atomic mass is 32.2. The summed E-state index contributed by atoms with van der Waals surface area (Å²) in [7, 11) is -3.76. The molecule has 0 amide bonds. The van der Waals surface area contributed by atoms with E-state index in [-0.39, 0.29) is 6.42 Å². The Morgan fingerprint density at radius 3 is 2.17 bits per heavy atom. The van der Waals surface area contributed by atoms with E-state index in [4.69, 9.17) is 5.11 Å². The van der Waals surface area contributed by atoms with Crippen molar-refractivity contribution in [3.63, 3.8) is 0 Å². The second-order valence-electron chi connectivity index (χ2n) is 3.34. The molecule has 0 aliphatic carbocycles. The van der Waals surface area contributed by atoms with E-state index in [0.717, 1.165) is 0 Å². The van der Waals surface area contributed by atoms with Crippen LogP contribution in [0.2, 0.25) is 0 Å². The third kappa shape index (κ3) is 7.64. The average molecular weight is 195 g/mol. The van der Waals surface area contributed by atoms with Crippen LogP contribution in [0, 0.1) is 0 Å². The van der Waals surface area contributed by atoms with Crippen molar-refractivity contribution in [1.82, 2.24) is 0 Å². The van der Waals surface area contributed by atoms with Crippen molar-refractivity contribution < 1.29 is 18.3 Å². The van der Waals surface area contributed by atoms with Gasteiger partial charge in [-0.05, 0) is 13.8 Å². The number of nitrogens with two attached hydrogens (primary N) is 1. The van der Waals surface area contributed by atoms with Crippen LogP contribution in [0.25, 0.3) is 0 Å². The van der Waals surface area contributed by atoms with Gasteiger partial charge in [0.15, 0.2) is 5.78 Å². The van der Waals surface area contributed by atoms with E-state index in [2.05, 4.69) is 5.14 Å². The molecule has 6 heteroatoms. The fourth-order valence-corrected chi connectivity index (χ4v) is 1.31. The van der Waals surface area contributed by atoms with Gasteiger partial charge < -0.3 is 5.11 Å². The number of sulfonamides is 1. The molecule has 0 heterocycles. The Labute approximate surface area is 71.6 Å². The molecule has 0 bridgehead atoms. The second-order valence-corrected chi connectivity index (χ2v) is 4.95. The van der Waals surface area contributed by atoms with Gasteiger partial charge in [-0.3, -0.25) is 4.79 Å².